The lowest BCUT2D eigenvalue weighted by Gasteiger charge is -2.22. The van der Waals surface area contributed by atoms with Crippen LogP contribution in [0, 0.1) is 6.92 Å². The van der Waals surface area contributed by atoms with E-state index in [-0.39, 0.29) is 11.9 Å². The highest BCUT2D eigenvalue weighted by atomic mass is 16.2. The first kappa shape index (κ1) is 19.3. The van der Waals surface area contributed by atoms with Crippen molar-refractivity contribution in [3.63, 3.8) is 0 Å². The molecule has 0 spiro atoms. The summed E-state index contributed by atoms with van der Waals surface area (Å²) < 4.78 is 3.69. The van der Waals surface area contributed by atoms with Crippen LogP contribution in [0.3, 0.4) is 0 Å². The second-order valence-electron chi connectivity index (χ2n) is 7.48. The van der Waals surface area contributed by atoms with Crippen LogP contribution in [0.5, 0.6) is 0 Å². The fourth-order valence-corrected chi connectivity index (χ4v) is 3.69. The summed E-state index contributed by atoms with van der Waals surface area (Å²) in [5, 5.41) is 15.9. The number of benzene rings is 1. The number of rotatable bonds is 6. The molecule has 3 aromatic rings. The van der Waals surface area contributed by atoms with Gasteiger partial charge in [-0.15, -0.1) is 5.10 Å². The summed E-state index contributed by atoms with van der Waals surface area (Å²) in [7, 11) is 0. The van der Waals surface area contributed by atoms with Gasteiger partial charge in [-0.25, -0.2) is 14.3 Å². The molecule has 0 radical (unpaired) electrons. The minimum atomic E-state index is -0.213. The summed E-state index contributed by atoms with van der Waals surface area (Å²) in [6.07, 6.45) is 3.61. The van der Waals surface area contributed by atoms with E-state index in [0.717, 1.165) is 55.1 Å². The molecule has 1 atom stereocenters. The molecule has 29 heavy (non-hydrogen) atoms. The van der Waals surface area contributed by atoms with Crippen LogP contribution in [0.2, 0.25) is 0 Å². The normalized spacial score (nSPS) is 15.9. The van der Waals surface area contributed by atoms with Crippen molar-refractivity contribution in [2.45, 2.75) is 65.6 Å². The number of hydrogen-bond acceptors (Lipinski definition) is 5. The Labute approximate surface area is 170 Å². The lowest BCUT2D eigenvalue weighted by atomic mass is 10.1. The van der Waals surface area contributed by atoms with E-state index in [0.29, 0.717) is 12.2 Å². The molecule has 0 aliphatic carbocycles. The third-order valence-corrected chi connectivity index (χ3v) is 5.50. The maximum Gasteiger partial charge on any atom is 0.274 e. The number of nitrogens with one attached hydrogen (secondary N) is 1. The first-order valence-electron chi connectivity index (χ1n) is 10.3. The van der Waals surface area contributed by atoms with Crippen LogP contribution in [0.1, 0.15) is 71.7 Å². The fourth-order valence-electron chi connectivity index (χ4n) is 3.69. The molecule has 4 rings (SSSR count). The summed E-state index contributed by atoms with van der Waals surface area (Å²) in [5.74, 6) is 1.44. The highest BCUT2D eigenvalue weighted by molar-refractivity contribution is 5.93. The Morgan fingerprint density at radius 1 is 1.17 bits per heavy atom. The average Bonchev–Trinajstić information content (AvgIpc) is 3.33. The fraction of sp³-hybridized carbons (Fsp3) is 0.476. The van der Waals surface area contributed by atoms with Crippen LogP contribution in [0.25, 0.3) is 0 Å². The zero-order chi connectivity index (χ0) is 20.4. The third-order valence-electron chi connectivity index (χ3n) is 5.50. The standard InChI is InChI=1S/C21H27N7O/c1-4-15-8-10-16(11-9-15)13-28-14(3)19(24-26-28)21(29)22-17-7-6-12-27-20(17)23-18(5-2)25-27/h8-11,17H,4-7,12-13H2,1-3H3,(H,22,29)/t17-/m0/s1. The number of fused-ring (bicyclic) bond motifs is 1. The Hall–Kier alpha value is -3.03. The van der Waals surface area contributed by atoms with Crippen molar-refractivity contribution in [2.24, 2.45) is 0 Å². The van der Waals surface area contributed by atoms with E-state index in [1.807, 2.05) is 18.5 Å². The molecule has 8 nitrogen and oxygen atoms in total. The maximum absolute atomic E-state index is 12.9. The highest BCUT2D eigenvalue weighted by Gasteiger charge is 2.27. The van der Waals surface area contributed by atoms with Crippen molar-refractivity contribution < 1.29 is 4.79 Å². The first-order chi connectivity index (χ1) is 14.1. The van der Waals surface area contributed by atoms with E-state index >= 15 is 0 Å². The zero-order valence-corrected chi connectivity index (χ0v) is 17.2. The summed E-state index contributed by atoms with van der Waals surface area (Å²) in [6, 6.07) is 8.30. The summed E-state index contributed by atoms with van der Waals surface area (Å²) in [4.78, 5) is 17.5. The Morgan fingerprint density at radius 2 is 1.93 bits per heavy atom. The maximum atomic E-state index is 12.9. The number of hydrogen-bond donors (Lipinski definition) is 1. The van der Waals surface area contributed by atoms with Crippen molar-refractivity contribution >= 4 is 5.91 Å². The predicted octanol–water partition coefficient (Wildman–Crippen LogP) is 2.62. The van der Waals surface area contributed by atoms with Crippen molar-refractivity contribution in [3.05, 3.63) is 58.4 Å². The Kier molecular flexibility index (Phi) is 5.42. The number of aromatic nitrogens is 6. The minimum absolute atomic E-state index is 0.143. The highest BCUT2D eigenvalue weighted by Crippen LogP contribution is 2.24. The van der Waals surface area contributed by atoms with Crippen LogP contribution < -0.4 is 5.32 Å². The van der Waals surface area contributed by atoms with Crippen molar-refractivity contribution in [1.29, 1.82) is 0 Å². The zero-order valence-electron chi connectivity index (χ0n) is 17.2. The van der Waals surface area contributed by atoms with Crippen LogP contribution >= 0.6 is 0 Å². The third kappa shape index (κ3) is 3.92. The summed E-state index contributed by atoms with van der Waals surface area (Å²) >= 11 is 0. The monoisotopic (exact) mass is 393 g/mol. The van der Waals surface area contributed by atoms with Gasteiger partial charge in [-0.05, 0) is 37.3 Å². The van der Waals surface area contributed by atoms with Crippen LogP contribution in [-0.4, -0.2) is 35.7 Å². The molecule has 152 valence electrons. The Morgan fingerprint density at radius 3 is 2.66 bits per heavy atom. The van der Waals surface area contributed by atoms with Crippen molar-refractivity contribution in [1.82, 2.24) is 35.1 Å². The van der Waals surface area contributed by atoms with Gasteiger partial charge in [0.25, 0.3) is 5.91 Å². The topological polar surface area (TPSA) is 90.5 Å². The molecule has 0 unspecified atom stereocenters. The molecule has 3 heterocycles. The largest absolute Gasteiger partial charge is 0.341 e. The van der Waals surface area contributed by atoms with E-state index in [4.69, 9.17) is 0 Å². The molecule has 1 N–H and O–H groups in total. The molecule has 0 saturated heterocycles. The molecule has 1 aliphatic rings. The smallest absolute Gasteiger partial charge is 0.274 e. The Balaban J connectivity index is 1.48. The number of carbonyl (C=O) groups excluding carboxylic acids is 1. The molecule has 1 aromatic carbocycles. The molecule has 0 fully saturated rings. The lowest BCUT2D eigenvalue weighted by molar-refractivity contribution is 0.0921. The van der Waals surface area contributed by atoms with Crippen molar-refractivity contribution in [2.75, 3.05) is 0 Å². The van der Waals surface area contributed by atoms with Crippen LogP contribution in [0.4, 0.5) is 0 Å². The second kappa shape index (κ2) is 8.14. The van der Waals surface area contributed by atoms with Crippen LogP contribution in [-0.2, 0) is 25.9 Å². The van der Waals surface area contributed by atoms with Gasteiger partial charge < -0.3 is 5.32 Å². The van der Waals surface area contributed by atoms with Gasteiger partial charge in [0.1, 0.15) is 5.82 Å². The molecule has 0 saturated carbocycles. The molecular weight excluding hydrogens is 366 g/mol. The van der Waals surface area contributed by atoms with Crippen molar-refractivity contribution in [3.8, 4) is 0 Å². The SMILES string of the molecule is CCc1ccc(Cn2nnc(C(=O)N[C@H]3CCCn4nc(CC)nc43)c2C)cc1. The summed E-state index contributed by atoms with van der Waals surface area (Å²) in [5.41, 5.74) is 3.56. The van der Waals surface area contributed by atoms with Gasteiger partial charge in [-0.3, -0.25) is 4.79 Å². The van der Waals surface area contributed by atoms with Gasteiger partial charge in [0.2, 0.25) is 0 Å². The molecule has 2 aromatic heterocycles. The molecule has 8 heteroatoms. The van der Waals surface area contributed by atoms with Gasteiger partial charge in [0.15, 0.2) is 11.5 Å². The van der Waals surface area contributed by atoms with E-state index in [2.05, 4.69) is 56.9 Å². The van der Waals surface area contributed by atoms with Gasteiger partial charge in [0.05, 0.1) is 18.3 Å². The summed E-state index contributed by atoms with van der Waals surface area (Å²) in [6.45, 7) is 7.49. The molecule has 1 amide bonds. The minimum Gasteiger partial charge on any atom is -0.341 e. The predicted molar refractivity (Wildman–Crippen MR) is 109 cm³/mol. The molecule has 0 bridgehead atoms. The van der Waals surface area contributed by atoms with E-state index in [1.54, 1.807) is 4.68 Å². The van der Waals surface area contributed by atoms with E-state index < -0.39 is 0 Å². The van der Waals surface area contributed by atoms with Gasteiger partial charge >= 0.3 is 0 Å². The van der Waals surface area contributed by atoms with E-state index in [9.17, 15) is 4.79 Å². The van der Waals surface area contributed by atoms with E-state index in [1.165, 1.54) is 5.56 Å². The Bertz CT molecular complexity index is 1000. The van der Waals surface area contributed by atoms with Crippen LogP contribution in [0.15, 0.2) is 24.3 Å². The number of amides is 1. The average molecular weight is 393 g/mol. The number of carbonyl (C=O) groups is 1. The lowest BCUT2D eigenvalue weighted by Crippen LogP contribution is -2.33. The van der Waals surface area contributed by atoms with Gasteiger partial charge in [-0.2, -0.15) is 5.10 Å². The number of nitrogens with zero attached hydrogens (tertiary/aromatic N) is 6. The molecule has 1 aliphatic heterocycles. The molecular formula is C21H27N7O. The van der Waals surface area contributed by atoms with Gasteiger partial charge in [0, 0.05) is 13.0 Å². The second-order valence-corrected chi connectivity index (χ2v) is 7.48. The quantitative estimate of drug-likeness (QED) is 0.695. The number of aryl methyl sites for hydroxylation is 3. The first-order valence-corrected chi connectivity index (χ1v) is 10.3. The van der Waals surface area contributed by atoms with Gasteiger partial charge in [-0.1, -0.05) is 43.3 Å².